The second-order valence-electron chi connectivity index (χ2n) is 2.00. The van der Waals surface area contributed by atoms with Crippen molar-refractivity contribution in [1.82, 2.24) is 9.97 Å². The Balaban J connectivity index is 2.19. The second-order valence-corrected chi connectivity index (χ2v) is 2.00. The minimum Gasteiger partial charge on any atom is -0.465 e. The van der Waals surface area contributed by atoms with Crippen molar-refractivity contribution in [2.24, 2.45) is 5.73 Å². The summed E-state index contributed by atoms with van der Waals surface area (Å²) in [5.74, 6) is 0.839. The van der Waals surface area contributed by atoms with Crippen LogP contribution in [-0.4, -0.2) is 22.6 Å². The minimum absolute atomic E-state index is 0.253. The molecule has 1 rings (SSSR count). The average molecular weight is 154 g/mol. The molecule has 0 unspecified atom stereocenters. The van der Waals surface area contributed by atoms with Crippen LogP contribution in [0.1, 0.15) is 5.82 Å². The molecule has 0 aromatic carbocycles. The fourth-order valence-electron chi connectivity index (χ4n) is 0.692. The van der Waals surface area contributed by atoms with Crippen LogP contribution in [0.15, 0.2) is 12.4 Å². The highest BCUT2D eigenvalue weighted by atomic mass is 16.5. The van der Waals surface area contributed by atoms with E-state index in [1.165, 1.54) is 0 Å². The number of aromatic amines is 1. The Morgan fingerprint density at radius 2 is 2.64 bits per heavy atom. The Morgan fingerprint density at radius 1 is 1.82 bits per heavy atom. The molecule has 0 atom stereocenters. The lowest BCUT2D eigenvalue weighted by molar-refractivity contribution is 0.298. The smallest absolute Gasteiger partial charge is 0.279 e. The third-order valence-electron chi connectivity index (χ3n) is 1.15. The summed E-state index contributed by atoms with van der Waals surface area (Å²) in [7, 11) is 0. The van der Waals surface area contributed by atoms with Crippen molar-refractivity contribution in [2.75, 3.05) is 6.61 Å². The van der Waals surface area contributed by atoms with Gasteiger partial charge in [-0.1, -0.05) is 0 Å². The van der Waals surface area contributed by atoms with E-state index in [0.717, 1.165) is 5.82 Å². The first kappa shape index (κ1) is 7.59. The molecular weight excluding hydrogens is 144 g/mol. The number of imidazole rings is 1. The van der Waals surface area contributed by atoms with Crippen molar-refractivity contribution >= 4 is 6.02 Å². The Kier molecular flexibility index (Phi) is 2.48. The summed E-state index contributed by atoms with van der Waals surface area (Å²) in [6.07, 6.45) is 4.05. The molecule has 5 nitrogen and oxygen atoms in total. The van der Waals surface area contributed by atoms with Crippen LogP contribution in [0.3, 0.4) is 0 Å². The molecule has 0 aliphatic heterocycles. The monoisotopic (exact) mass is 154 g/mol. The van der Waals surface area contributed by atoms with Crippen molar-refractivity contribution in [3.63, 3.8) is 0 Å². The predicted octanol–water partition coefficient (Wildman–Crippen LogP) is -0.138. The summed E-state index contributed by atoms with van der Waals surface area (Å²) in [4.78, 5) is 6.87. The number of hydrogen-bond acceptors (Lipinski definition) is 3. The SMILES string of the molecule is N=C(N)OCCc1ncc[nH]1. The van der Waals surface area contributed by atoms with Gasteiger partial charge in [-0.15, -0.1) is 0 Å². The highest BCUT2D eigenvalue weighted by Gasteiger charge is 1.94. The van der Waals surface area contributed by atoms with Gasteiger partial charge in [-0.2, -0.15) is 0 Å². The van der Waals surface area contributed by atoms with E-state index in [0.29, 0.717) is 13.0 Å². The van der Waals surface area contributed by atoms with Gasteiger partial charge in [0.1, 0.15) is 5.82 Å². The second kappa shape index (κ2) is 3.60. The third-order valence-corrected chi connectivity index (χ3v) is 1.15. The molecule has 0 saturated carbocycles. The summed E-state index contributed by atoms with van der Waals surface area (Å²) in [5, 5.41) is 6.75. The zero-order chi connectivity index (χ0) is 8.10. The molecule has 1 aromatic heterocycles. The number of hydrogen-bond donors (Lipinski definition) is 3. The fraction of sp³-hybridized carbons (Fsp3) is 0.333. The molecule has 0 fully saturated rings. The van der Waals surface area contributed by atoms with Crippen LogP contribution in [-0.2, 0) is 11.2 Å². The van der Waals surface area contributed by atoms with E-state index in [4.69, 9.17) is 15.9 Å². The van der Waals surface area contributed by atoms with Crippen molar-refractivity contribution in [1.29, 1.82) is 5.41 Å². The van der Waals surface area contributed by atoms with Gasteiger partial charge >= 0.3 is 0 Å². The van der Waals surface area contributed by atoms with Gasteiger partial charge in [0.15, 0.2) is 0 Å². The molecule has 0 spiro atoms. The van der Waals surface area contributed by atoms with Crippen LogP contribution in [0.25, 0.3) is 0 Å². The first-order valence-corrected chi connectivity index (χ1v) is 3.24. The van der Waals surface area contributed by atoms with Crippen LogP contribution in [0.4, 0.5) is 0 Å². The lowest BCUT2D eigenvalue weighted by Gasteiger charge is -1.99. The highest BCUT2D eigenvalue weighted by Crippen LogP contribution is 1.89. The van der Waals surface area contributed by atoms with Crippen LogP contribution >= 0.6 is 0 Å². The van der Waals surface area contributed by atoms with Crippen LogP contribution in [0.2, 0.25) is 0 Å². The van der Waals surface area contributed by atoms with Crippen molar-refractivity contribution in [3.8, 4) is 0 Å². The zero-order valence-corrected chi connectivity index (χ0v) is 6.00. The molecule has 1 heterocycles. The molecule has 5 heteroatoms. The van der Waals surface area contributed by atoms with Gasteiger partial charge in [0, 0.05) is 18.8 Å². The predicted molar refractivity (Wildman–Crippen MR) is 40.2 cm³/mol. The van der Waals surface area contributed by atoms with E-state index in [2.05, 4.69) is 9.97 Å². The van der Waals surface area contributed by atoms with Gasteiger partial charge in [0.25, 0.3) is 6.02 Å². The molecule has 0 aliphatic carbocycles. The Hall–Kier alpha value is -1.52. The highest BCUT2D eigenvalue weighted by molar-refractivity contribution is 5.67. The molecule has 0 bridgehead atoms. The van der Waals surface area contributed by atoms with E-state index in [1.807, 2.05) is 0 Å². The van der Waals surface area contributed by atoms with E-state index in [9.17, 15) is 0 Å². The van der Waals surface area contributed by atoms with Crippen molar-refractivity contribution in [2.45, 2.75) is 6.42 Å². The topological polar surface area (TPSA) is 87.8 Å². The van der Waals surface area contributed by atoms with E-state index >= 15 is 0 Å². The number of H-pyrrole nitrogens is 1. The Morgan fingerprint density at radius 3 is 3.18 bits per heavy atom. The summed E-state index contributed by atoms with van der Waals surface area (Å²) < 4.78 is 4.72. The quantitative estimate of drug-likeness (QED) is 0.418. The summed E-state index contributed by atoms with van der Waals surface area (Å²) in [5.41, 5.74) is 4.96. The van der Waals surface area contributed by atoms with Gasteiger partial charge in [-0.25, -0.2) is 4.98 Å². The van der Waals surface area contributed by atoms with E-state index < -0.39 is 0 Å². The fourth-order valence-corrected chi connectivity index (χ4v) is 0.692. The molecular formula is C6H10N4O. The maximum Gasteiger partial charge on any atom is 0.279 e. The van der Waals surface area contributed by atoms with Crippen LogP contribution < -0.4 is 5.73 Å². The normalized spacial score (nSPS) is 9.45. The number of rotatable bonds is 3. The largest absolute Gasteiger partial charge is 0.465 e. The molecule has 4 N–H and O–H groups in total. The third kappa shape index (κ3) is 2.70. The zero-order valence-electron chi connectivity index (χ0n) is 6.00. The molecule has 0 amide bonds. The first-order chi connectivity index (χ1) is 5.29. The Labute approximate surface area is 64.1 Å². The summed E-state index contributed by atoms with van der Waals surface area (Å²) in [6, 6.07) is -0.253. The molecule has 11 heavy (non-hydrogen) atoms. The van der Waals surface area contributed by atoms with Gasteiger partial charge in [0.05, 0.1) is 6.61 Å². The van der Waals surface area contributed by atoms with Crippen LogP contribution in [0, 0.1) is 5.41 Å². The first-order valence-electron chi connectivity index (χ1n) is 3.24. The van der Waals surface area contributed by atoms with Crippen LogP contribution in [0.5, 0.6) is 0 Å². The molecule has 1 aromatic rings. The summed E-state index contributed by atoms with van der Waals surface area (Å²) >= 11 is 0. The molecule has 0 saturated heterocycles. The van der Waals surface area contributed by atoms with E-state index in [-0.39, 0.29) is 6.02 Å². The minimum atomic E-state index is -0.253. The number of nitrogens with zero attached hydrogens (tertiary/aromatic N) is 1. The van der Waals surface area contributed by atoms with E-state index in [1.54, 1.807) is 12.4 Å². The molecule has 0 radical (unpaired) electrons. The van der Waals surface area contributed by atoms with Gasteiger partial charge in [-0.05, 0) is 0 Å². The maximum absolute atomic E-state index is 6.75. The number of nitrogens with two attached hydrogens (primary N) is 1. The number of amidine groups is 1. The molecule has 0 aliphatic rings. The number of aromatic nitrogens is 2. The summed E-state index contributed by atoms with van der Waals surface area (Å²) in [6.45, 7) is 0.392. The van der Waals surface area contributed by atoms with Crippen molar-refractivity contribution in [3.05, 3.63) is 18.2 Å². The molecule has 60 valence electrons. The lowest BCUT2D eigenvalue weighted by atomic mass is 10.4. The number of nitrogens with one attached hydrogen (secondary N) is 2. The standard InChI is InChI=1S/C6H10N4O/c7-6(8)11-4-1-5-9-2-3-10-5/h2-3H,1,4H2,(H3,7,8)(H,9,10). The van der Waals surface area contributed by atoms with Gasteiger partial charge < -0.3 is 15.5 Å². The van der Waals surface area contributed by atoms with Gasteiger partial charge in [0.2, 0.25) is 0 Å². The average Bonchev–Trinajstić information content (AvgIpc) is 2.39. The van der Waals surface area contributed by atoms with Crippen molar-refractivity contribution < 1.29 is 4.74 Å². The maximum atomic E-state index is 6.75. The number of ether oxygens (including phenoxy) is 1. The lowest BCUT2D eigenvalue weighted by Crippen LogP contribution is -2.16. The Bertz CT molecular complexity index is 218. The van der Waals surface area contributed by atoms with Gasteiger partial charge in [-0.3, -0.25) is 5.41 Å².